The molecule has 0 aliphatic rings. The third-order valence-corrected chi connectivity index (χ3v) is 9.16. The molecule has 4 atom stereocenters. The summed E-state index contributed by atoms with van der Waals surface area (Å²) in [5, 5.41) is 19.6. The van der Waals surface area contributed by atoms with Gasteiger partial charge in [-0.3, -0.25) is 0 Å². The van der Waals surface area contributed by atoms with Crippen LogP contribution in [0, 0.1) is 11.8 Å². The Morgan fingerprint density at radius 1 is 1.16 bits per heavy atom. The molecule has 0 saturated heterocycles. The van der Waals surface area contributed by atoms with Gasteiger partial charge in [0, 0.05) is 24.5 Å². The van der Waals surface area contributed by atoms with E-state index in [1.165, 1.54) is 0 Å². The van der Waals surface area contributed by atoms with Crippen molar-refractivity contribution in [2.75, 3.05) is 6.61 Å². The molecule has 116 valence electrons. The summed E-state index contributed by atoms with van der Waals surface area (Å²) in [5.41, 5.74) is 0. The largest absolute Gasteiger partial charge is 0.414 e. The van der Waals surface area contributed by atoms with Gasteiger partial charge in [0.25, 0.3) is 0 Å². The number of hydrogen-bond acceptors (Lipinski definition) is 3. The van der Waals surface area contributed by atoms with Gasteiger partial charge >= 0.3 is 0 Å². The zero-order chi connectivity index (χ0) is 15.4. The van der Waals surface area contributed by atoms with Crippen LogP contribution in [0.4, 0.5) is 0 Å². The second-order valence-electron chi connectivity index (χ2n) is 7.33. The minimum Gasteiger partial charge on any atom is -0.414 e. The molecule has 0 aromatic heterocycles. The molecule has 0 aromatic rings. The van der Waals surface area contributed by atoms with Gasteiger partial charge in [0.15, 0.2) is 8.32 Å². The highest BCUT2D eigenvalue weighted by molar-refractivity contribution is 6.74. The average Bonchev–Trinajstić information content (AvgIpc) is 2.31. The Bertz CT molecular complexity index is 261. The fourth-order valence-electron chi connectivity index (χ4n) is 1.96. The van der Waals surface area contributed by atoms with Crippen LogP contribution in [-0.4, -0.2) is 37.3 Å². The van der Waals surface area contributed by atoms with Crippen LogP contribution in [0.3, 0.4) is 0 Å². The molecule has 0 spiro atoms. The van der Waals surface area contributed by atoms with Crippen LogP contribution < -0.4 is 0 Å². The highest BCUT2D eigenvalue weighted by atomic mass is 28.4. The van der Waals surface area contributed by atoms with E-state index in [0.717, 1.165) is 6.42 Å². The fraction of sp³-hybridized carbons (Fsp3) is 1.00. The molecule has 0 aliphatic carbocycles. The minimum atomic E-state index is -1.82. The molecule has 19 heavy (non-hydrogen) atoms. The first-order chi connectivity index (χ1) is 8.47. The molecular formula is C15H34O3Si. The van der Waals surface area contributed by atoms with E-state index in [2.05, 4.69) is 40.8 Å². The quantitative estimate of drug-likeness (QED) is 0.706. The van der Waals surface area contributed by atoms with Gasteiger partial charge in [0.1, 0.15) is 0 Å². The Hall–Kier alpha value is 0.0969. The lowest BCUT2D eigenvalue weighted by molar-refractivity contribution is -0.0157. The summed E-state index contributed by atoms with van der Waals surface area (Å²) in [4.78, 5) is 0. The van der Waals surface area contributed by atoms with E-state index in [0.29, 0.717) is 0 Å². The molecule has 0 aromatic carbocycles. The van der Waals surface area contributed by atoms with Crippen molar-refractivity contribution in [2.45, 2.75) is 78.3 Å². The number of aliphatic hydroxyl groups is 2. The Labute approximate surface area is 120 Å². The molecule has 0 heterocycles. The Kier molecular flexibility index (Phi) is 7.24. The monoisotopic (exact) mass is 290 g/mol. The minimum absolute atomic E-state index is 0.0159. The first kappa shape index (κ1) is 19.1. The van der Waals surface area contributed by atoms with E-state index in [9.17, 15) is 10.2 Å². The summed E-state index contributed by atoms with van der Waals surface area (Å²) in [6.45, 7) is 17.2. The third kappa shape index (κ3) is 5.18. The first-order valence-electron chi connectivity index (χ1n) is 7.44. The first-order valence-corrected chi connectivity index (χ1v) is 10.4. The molecule has 0 saturated carbocycles. The summed E-state index contributed by atoms with van der Waals surface area (Å²) in [6, 6.07) is 0. The topological polar surface area (TPSA) is 49.7 Å². The second-order valence-corrected chi connectivity index (χ2v) is 12.1. The van der Waals surface area contributed by atoms with Crippen molar-refractivity contribution in [1.82, 2.24) is 0 Å². The van der Waals surface area contributed by atoms with Crippen LogP contribution >= 0.6 is 0 Å². The second kappa shape index (κ2) is 7.20. The van der Waals surface area contributed by atoms with E-state index in [-0.39, 0.29) is 29.6 Å². The lowest BCUT2D eigenvalue weighted by atomic mass is 9.89. The molecule has 4 heteroatoms. The van der Waals surface area contributed by atoms with Crippen LogP contribution in [0.25, 0.3) is 0 Å². The van der Waals surface area contributed by atoms with Crippen molar-refractivity contribution in [3.63, 3.8) is 0 Å². The van der Waals surface area contributed by atoms with Gasteiger partial charge in [-0.1, -0.05) is 41.5 Å². The molecule has 2 N–H and O–H groups in total. The summed E-state index contributed by atoms with van der Waals surface area (Å²) < 4.78 is 6.43. The SMILES string of the molecule is CC[C@@H](O[Si](C)(C)C(C)(C)C)[C@H](C)[C@H](O)[C@H](C)CO. The van der Waals surface area contributed by atoms with Crippen molar-refractivity contribution in [3.05, 3.63) is 0 Å². The zero-order valence-electron chi connectivity index (χ0n) is 14.0. The van der Waals surface area contributed by atoms with Crippen molar-refractivity contribution in [2.24, 2.45) is 11.8 Å². The van der Waals surface area contributed by atoms with Crippen LogP contribution in [-0.2, 0) is 4.43 Å². The maximum Gasteiger partial charge on any atom is 0.192 e. The average molecular weight is 291 g/mol. The van der Waals surface area contributed by atoms with Crippen LogP contribution in [0.2, 0.25) is 18.1 Å². The number of rotatable bonds is 7. The predicted molar refractivity (Wildman–Crippen MR) is 83.8 cm³/mol. The van der Waals surface area contributed by atoms with Gasteiger partial charge in [0.2, 0.25) is 0 Å². The Balaban J connectivity index is 4.85. The molecule has 0 amide bonds. The maximum absolute atomic E-state index is 10.3. The van der Waals surface area contributed by atoms with Gasteiger partial charge in [-0.05, 0) is 24.6 Å². The smallest absolute Gasteiger partial charge is 0.192 e. The lowest BCUT2D eigenvalue weighted by Gasteiger charge is -2.42. The van der Waals surface area contributed by atoms with Crippen LogP contribution in [0.1, 0.15) is 48.0 Å². The normalized spacial score (nSPS) is 19.9. The van der Waals surface area contributed by atoms with Gasteiger partial charge in [-0.25, -0.2) is 0 Å². The highest BCUT2D eigenvalue weighted by Crippen LogP contribution is 2.39. The molecule has 3 nitrogen and oxygen atoms in total. The van der Waals surface area contributed by atoms with Crippen molar-refractivity contribution in [1.29, 1.82) is 0 Å². The van der Waals surface area contributed by atoms with Crippen molar-refractivity contribution in [3.8, 4) is 0 Å². The predicted octanol–water partition coefficient (Wildman–Crippen LogP) is 3.41. The third-order valence-electron chi connectivity index (χ3n) is 4.65. The number of aliphatic hydroxyl groups excluding tert-OH is 2. The van der Waals surface area contributed by atoms with Gasteiger partial charge in [-0.15, -0.1) is 0 Å². The standard InChI is InChI=1S/C15H34O3Si/c1-9-13(12(3)14(17)11(2)10-16)18-19(7,8)15(4,5)6/h11-14,16-17H,9-10H2,1-8H3/t11-,12+,13-,14-/m1/s1. The summed E-state index contributed by atoms with van der Waals surface area (Å²) in [5.74, 6) is -0.0617. The molecule has 0 rings (SSSR count). The van der Waals surface area contributed by atoms with Crippen LogP contribution in [0.15, 0.2) is 0 Å². The van der Waals surface area contributed by atoms with E-state index in [1.54, 1.807) is 0 Å². The molecular weight excluding hydrogens is 256 g/mol. The lowest BCUT2D eigenvalue weighted by Crippen LogP contribution is -2.47. The Morgan fingerprint density at radius 2 is 1.63 bits per heavy atom. The summed E-state index contributed by atoms with van der Waals surface area (Å²) >= 11 is 0. The van der Waals surface area contributed by atoms with E-state index >= 15 is 0 Å². The zero-order valence-corrected chi connectivity index (χ0v) is 15.0. The summed E-state index contributed by atoms with van der Waals surface area (Å²) in [7, 11) is -1.82. The highest BCUT2D eigenvalue weighted by Gasteiger charge is 2.41. The van der Waals surface area contributed by atoms with Crippen molar-refractivity contribution < 1.29 is 14.6 Å². The Morgan fingerprint density at radius 3 is 1.95 bits per heavy atom. The molecule has 0 aliphatic heterocycles. The molecule has 0 fully saturated rings. The van der Waals surface area contributed by atoms with E-state index in [1.807, 2.05) is 13.8 Å². The molecule has 0 bridgehead atoms. The van der Waals surface area contributed by atoms with Crippen molar-refractivity contribution >= 4 is 8.32 Å². The molecule has 0 unspecified atom stereocenters. The van der Waals surface area contributed by atoms with E-state index < -0.39 is 14.4 Å². The van der Waals surface area contributed by atoms with Gasteiger partial charge in [-0.2, -0.15) is 0 Å². The van der Waals surface area contributed by atoms with E-state index in [4.69, 9.17) is 4.43 Å². The van der Waals surface area contributed by atoms with Crippen LogP contribution in [0.5, 0.6) is 0 Å². The number of hydrogen-bond donors (Lipinski definition) is 2. The van der Waals surface area contributed by atoms with Gasteiger partial charge < -0.3 is 14.6 Å². The summed E-state index contributed by atoms with van der Waals surface area (Å²) in [6.07, 6.45) is 0.438. The maximum atomic E-state index is 10.3. The fourth-order valence-corrected chi connectivity index (χ4v) is 3.46. The molecule has 0 radical (unpaired) electrons. The van der Waals surface area contributed by atoms with Gasteiger partial charge in [0.05, 0.1) is 6.10 Å².